The Bertz CT molecular complexity index is 539. The third-order valence-electron chi connectivity index (χ3n) is 2.92. The van der Waals surface area contributed by atoms with Gasteiger partial charge in [-0.15, -0.1) is 0 Å². The molecule has 0 aliphatic carbocycles. The number of benzene rings is 1. The maximum Gasteiger partial charge on any atom is 0.303 e. The first-order chi connectivity index (χ1) is 8.83. The van der Waals surface area contributed by atoms with E-state index in [0.29, 0.717) is 6.54 Å². The van der Waals surface area contributed by atoms with Gasteiger partial charge in [0.05, 0.1) is 5.75 Å². The van der Waals surface area contributed by atoms with Crippen LogP contribution in [0.4, 0.5) is 0 Å². The van der Waals surface area contributed by atoms with Gasteiger partial charge in [0.25, 0.3) is 0 Å². The predicted molar refractivity (Wildman–Crippen MR) is 73.3 cm³/mol. The Balaban J connectivity index is 2.64. The van der Waals surface area contributed by atoms with Gasteiger partial charge in [0, 0.05) is 20.0 Å². The van der Waals surface area contributed by atoms with Crippen LogP contribution in [-0.2, 0) is 21.4 Å². The van der Waals surface area contributed by atoms with Crippen molar-refractivity contribution in [3.8, 4) is 0 Å². The molecule has 5 nitrogen and oxygen atoms in total. The van der Waals surface area contributed by atoms with Crippen LogP contribution in [0, 0.1) is 6.92 Å². The minimum absolute atomic E-state index is 0.128. The van der Waals surface area contributed by atoms with Crippen molar-refractivity contribution in [1.82, 2.24) is 4.31 Å². The Morgan fingerprint density at radius 1 is 1.32 bits per heavy atom. The van der Waals surface area contributed by atoms with E-state index in [0.717, 1.165) is 11.1 Å². The monoisotopic (exact) mass is 285 g/mol. The number of rotatable bonds is 7. The first-order valence-corrected chi connectivity index (χ1v) is 7.64. The van der Waals surface area contributed by atoms with E-state index in [1.807, 2.05) is 31.2 Å². The van der Waals surface area contributed by atoms with Gasteiger partial charge in [0.15, 0.2) is 0 Å². The molecule has 0 aliphatic heterocycles. The maximum absolute atomic E-state index is 12.0. The third-order valence-corrected chi connectivity index (χ3v) is 4.81. The van der Waals surface area contributed by atoms with Gasteiger partial charge in [-0.05, 0) is 24.5 Å². The van der Waals surface area contributed by atoms with Crippen molar-refractivity contribution in [1.29, 1.82) is 0 Å². The minimum Gasteiger partial charge on any atom is -0.481 e. The minimum atomic E-state index is -3.40. The quantitative estimate of drug-likeness (QED) is 0.826. The van der Waals surface area contributed by atoms with Gasteiger partial charge in [0.2, 0.25) is 10.0 Å². The molecule has 0 spiro atoms. The molecular formula is C13H19NO4S. The highest BCUT2D eigenvalue weighted by Gasteiger charge is 2.18. The van der Waals surface area contributed by atoms with E-state index < -0.39 is 16.0 Å². The van der Waals surface area contributed by atoms with Gasteiger partial charge in [-0.25, -0.2) is 12.7 Å². The summed E-state index contributed by atoms with van der Waals surface area (Å²) in [7, 11) is -1.88. The van der Waals surface area contributed by atoms with Gasteiger partial charge in [0.1, 0.15) is 0 Å². The molecular weight excluding hydrogens is 266 g/mol. The van der Waals surface area contributed by atoms with Crippen molar-refractivity contribution in [3.63, 3.8) is 0 Å². The lowest BCUT2D eigenvalue weighted by Gasteiger charge is -2.18. The van der Waals surface area contributed by atoms with Gasteiger partial charge >= 0.3 is 5.97 Å². The molecule has 0 fully saturated rings. The van der Waals surface area contributed by atoms with Crippen LogP contribution >= 0.6 is 0 Å². The summed E-state index contributed by atoms with van der Waals surface area (Å²) < 4.78 is 25.2. The summed E-state index contributed by atoms with van der Waals surface area (Å²) in [6.07, 6.45) is 0.00716. The molecule has 0 aliphatic rings. The number of nitrogens with zero attached hydrogens (tertiary/aromatic N) is 1. The van der Waals surface area contributed by atoms with Crippen molar-refractivity contribution in [2.45, 2.75) is 26.3 Å². The zero-order valence-electron chi connectivity index (χ0n) is 11.2. The second-order valence-electron chi connectivity index (χ2n) is 4.50. The van der Waals surface area contributed by atoms with E-state index in [-0.39, 0.29) is 18.6 Å². The van der Waals surface area contributed by atoms with Gasteiger partial charge in [-0.3, -0.25) is 4.79 Å². The molecule has 0 bridgehead atoms. The molecule has 0 amide bonds. The number of sulfonamides is 1. The van der Waals surface area contributed by atoms with E-state index >= 15 is 0 Å². The van der Waals surface area contributed by atoms with Crippen molar-refractivity contribution in [3.05, 3.63) is 35.4 Å². The number of hydrogen-bond acceptors (Lipinski definition) is 3. The number of carboxylic acids is 1. The molecule has 0 aromatic heterocycles. The molecule has 1 aromatic rings. The molecule has 0 atom stereocenters. The largest absolute Gasteiger partial charge is 0.481 e. The van der Waals surface area contributed by atoms with E-state index in [2.05, 4.69) is 0 Å². The average Bonchev–Trinajstić information content (AvgIpc) is 2.31. The second kappa shape index (κ2) is 6.68. The molecule has 1 rings (SSSR count). The van der Waals surface area contributed by atoms with Gasteiger partial charge in [-0.2, -0.15) is 0 Å². The number of hydrogen-bond donors (Lipinski definition) is 1. The fourth-order valence-electron chi connectivity index (χ4n) is 1.69. The van der Waals surface area contributed by atoms with Crippen LogP contribution < -0.4 is 0 Å². The molecule has 106 valence electrons. The van der Waals surface area contributed by atoms with E-state index in [4.69, 9.17) is 5.11 Å². The Morgan fingerprint density at radius 2 is 1.95 bits per heavy atom. The lowest BCUT2D eigenvalue weighted by Crippen LogP contribution is -2.29. The summed E-state index contributed by atoms with van der Waals surface area (Å²) >= 11 is 0. The van der Waals surface area contributed by atoms with Crippen molar-refractivity contribution >= 4 is 16.0 Å². The van der Waals surface area contributed by atoms with Crippen molar-refractivity contribution in [2.24, 2.45) is 0 Å². The van der Waals surface area contributed by atoms with E-state index in [9.17, 15) is 13.2 Å². The summed E-state index contributed by atoms with van der Waals surface area (Å²) in [6.45, 7) is 2.24. The van der Waals surface area contributed by atoms with Crippen molar-refractivity contribution in [2.75, 3.05) is 12.8 Å². The van der Waals surface area contributed by atoms with Crippen LogP contribution in [0.25, 0.3) is 0 Å². The van der Waals surface area contributed by atoms with Crippen LogP contribution in [0.1, 0.15) is 24.0 Å². The first-order valence-electron chi connectivity index (χ1n) is 6.03. The number of carboxylic acid groups (broad SMARTS) is 1. The SMILES string of the molecule is Cc1ccccc1CN(C)S(=O)(=O)CCCC(=O)O. The molecule has 19 heavy (non-hydrogen) atoms. The molecule has 0 saturated carbocycles. The predicted octanol–water partition coefficient (Wildman–Crippen LogP) is 1.62. The molecule has 6 heteroatoms. The molecule has 0 saturated heterocycles. The highest BCUT2D eigenvalue weighted by molar-refractivity contribution is 7.89. The molecule has 1 aromatic carbocycles. The maximum atomic E-state index is 12.0. The fraction of sp³-hybridized carbons (Fsp3) is 0.462. The zero-order chi connectivity index (χ0) is 14.5. The van der Waals surface area contributed by atoms with E-state index in [1.54, 1.807) is 0 Å². The highest BCUT2D eigenvalue weighted by Crippen LogP contribution is 2.12. The topological polar surface area (TPSA) is 74.7 Å². The summed E-state index contributed by atoms with van der Waals surface area (Å²) in [4.78, 5) is 10.4. The Kier molecular flexibility index (Phi) is 5.50. The summed E-state index contributed by atoms with van der Waals surface area (Å²) in [5, 5.41) is 8.51. The van der Waals surface area contributed by atoms with Gasteiger partial charge < -0.3 is 5.11 Å². The van der Waals surface area contributed by atoms with Crippen LogP contribution in [-0.4, -0.2) is 36.6 Å². The Morgan fingerprint density at radius 3 is 2.53 bits per heavy atom. The van der Waals surface area contributed by atoms with Crippen molar-refractivity contribution < 1.29 is 18.3 Å². The summed E-state index contributed by atoms with van der Waals surface area (Å²) in [5.74, 6) is -1.11. The number of aliphatic carboxylic acids is 1. The standard InChI is InChI=1S/C13H19NO4S/c1-11-6-3-4-7-12(11)10-14(2)19(17,18)9-5-8-13(15)16/h3-4,6-7H,5,8-10H2,1-2H3,(H,15,16). The molecule has 1 N–H and O–H groups in total. The summed E-state index contributed by atoms with van der Waals surface area (Å²) in [6, 6.07) is 7.59. The lowest BCUT2D eigenvalue weighted by atomic mass is 10.1. The lowest BCUT2D eigenvalue weighted by molar-refractivity contribution is -0.137. The third kappa shape index (κ3) is 5.00. The van der Waals surface area contributed by atoms with Crippen LogP contribution in [0.5, 0.6) is 0 Å². The molecule has 0 radical (unpaired) electrons. The normalized spacial score (nSPS) is 11.7. The van der Waals surface area contributed by atoms with Crippen LogP contribution in [0.15, 0.2) is 24.3 Å². The second-order valence-corrected chi connectivity index (χ2v) is 6.69. The number of carbonyl (C=O) groups is 1. The fourth-order valence-corrected chi connectivity index (χ4v) is 2.84. The number of aryl methyl sites for hydroxylation is 1. The van der Waals surface area contributed by atoms with Crippen LogP contribution in [0.3, 0.4) is 0 Å². The average molecular weight is 285 g/mol. The smallest absolute Gasteiger partial charge is 0.303 e. The van der Waals surface area contributed by atoms with Crippen LogP contribution in [0.2, 0.25) is 0 Å². The molecule has 0 heterocycles. The zero-order valence-corrected chi connectivity index (χ0v) is 12.0. The van der Waals surface area contributed by atoms with Gasteiger partial charge in [-0.1, -0.05) is 24.3 Å². The Hall–Kier alpha value is -1.40. The van der Waals surface area contributed by atoms with E-state index in [1.165, 1.54) is 11.4 Å². The summed E-state index contributed by atoms with van der Waals surface area (Å²) in [5.41, 5.74) is 1.99. The molecule has 0 unspecified atom stereocenters. The first kappa shape index (κ1) is 15.7. The highest BCUT2D eigenvalue weighted by atomic mass is 32.2. The Labute approximate surface area is 113 Å².